The Morgan fingerprint density at radius 3 is 2.65 bits per heavy atom. The molecule has 0 amide bonds. The van der Waals surface area contributed by atoms with Crippen LogP contribution in [0.1, 0.15) is 12.8 Å². The molecule has 4 heteroatoms. The standard InChI is InChI=1S/C11H15NO.C5H7FO/c1-12-8-7-11(9-12)13-10-5-3-2-4-6-10;1-5(4-7)2-3-6/h2-6,11H,7-9H2,1H3;4H,1-3H2. The molecule has 20 heavy (non-hydrogen) atoms. The monoisotopic (exact) mass is 279 g/mol. The summed E-state index contributed by atoms with van der Waals surface area (Å²) in [6.07, 6.45) is 2.27. The Morgan fingerprint density at radius 1 is 1.50 bits per heavy atom. The van der Waals surface area contributed by atoms with Gasteiger partial charge in [0.1, 0.15) is 18.1 Å². The maximum absolute atomic E-state index is 11.2. The highest BCUT2D eigenvalue weighted by molar-refractivity contribution is 5.71. The van der Waals surface area contributed by atoms with Crippen LogP contribution in [-0.4, -0.2) is 44.1 Å². The van der Waals surface area contributed by atoms with Crippen molar-refractivity contribution in [1.82, 2.24) is 4.90 Å². The fourth-order valence-electron chi connectivity index (χ4n) is 1.86. The summed E-state index contributed by atoms with van der Waals surface area (Å²) < 4.78 is 17.0. The zero-order chi connectivity index (χ0) is 14.8. The van der Waals surface area contributed by atoms with Crippen molar-refractivity contribution in [2.75, 3.05) is 26.8 Å². The lowest BCUT2D eigenvalue weighted by Gasteiger charge is -2.13. The average Bonchev–Trinajstić information content (AvgIpc) is 2.86. The first-order valence-electron chi connectivity index (χ1n) is 6.75. The molecule has 2 rings (SSSR count). The van der Waals surface area contributed by atoms with Crippen LogP contribution in [0.25, 0.3) is 0 Å². The summed E-state index contributed by atoms with van der Waals surface area (Å²) in [6.45, 7) is 4.97. The van der Waals surface area contributed by atoms with Crippen LogP contribution >= 0.6 is 0 Å². The van der Waals surface area contributed by atoms with E-state index in [0.717, 1.165) is 25.3 Å². The third-order valence-corrected chi connectivity index (χ3v) is 2.98. The molecule has 0 bridgehead atoms. The third-order valence-electron chi connectivity index (χ3n) is 2.98. The Labute approximate surface area is 120 Å². The fraction of sp³-hybridized carbons (Fsp3) is 0.438. The van der Waals surface area contributed by atoms with Crippen LogP contribution in [0.3, 0.4) is 0 Å². The van der Waals surface area contributed by atoms with Crippen LogP contribution in [0.5, 0.6) is 5.75 Å². The Balaban J connectivity index is 0.000000246. The quantitative estimate of drug-likeness (QED) is 0.613. The molecule has 110 valence electrons. The van der Waals surface area contributed by atoms with E-state index >= 15 is 0 Å². The first kappa shape index (κ1) is 16.4. The molecule has 1 atom stereocenters. The highest BCUT2D eigenvalue weighted by Gasteiger charge is 2.20. The number of hydrogen-bond acceptors (Lipinski definition) is 3. The Morgan fingerprint density at radius 2 is 2.20 bits per heavy atom. The van der Waals surface area contributed by atoms with E-state index in [4.69, 9.17) is 4.74 Å². The summed E-state index contributed by atoms with van der Waals surface area (Å²) in [4.78, 5) is 11.9. The molecule has 1 aliphatic heterocycles. The van der Waals surface area contributed by atoms with Crippen molar-refractivity contribution in [3.05, 3.63) is 42.5 Å². The van der Waals surface area contributed by atoms with Gasteiger partial charge in [0.15, 0.2) is 0 Å². The minimum absolute atomic E-state index is 0.170. The van der Waals surface area contributed by atoms with E-state index in [1.165, 1.54) is 0 Å². The van der Waals surface area contributed by atoms with E-state index in [2.05, 4.69) is 18.5 Å². The number of ether oxygens (including phenoxy) is 1. The van der Waals surface area contributed by atoms with Gasteiger partial charge in [0.2, 0.25) is 0 Å². The molecule has 1 aliphatic rings. The summed E-state index contributed by atoms with van der Waals surface area (Å²) in [7, 11) is 2.13. The highest BCUT2D eigenvalue weighted by atomic mass is 19.1. The maximum Gasteiger partial charge on any atom is 0.145 e. The SMILES string of the molecule is C=C(C=O)CCF.CN1CCC(Oc2ccccc2)C1. The van der Waals surface area contributed by atoms with Gasteiger partial charge in [-0.15, -0.1) is 0 Å². The van der Waals surface area contributed by atoms with Crippen molar-refractivity contribution in [1.29, 1.82) is 0 Å². The molecule has 1 saturated heterocycles. The number of carbonyl (C=O) groups is 1. The number of hydrogen-bond donors (Lipinski definition) is 0. The Hall–Kier alpha value is -1.68. The smallest absolute Gasteiger partial charge is 0.145 e. The van der Waals surface area contributed by atoms with Gasteiger partial charge in [0.05, 0.1) is 6.67 Å². The van der Waals surface area contributed by atoms with Gasteiger partial charge < -0.3 is 9.64 Å². The Bertz CT molecular complexity index is 408. The van der Waals surface area contributed by atoms with E-state index in [1.807, 2.05) is 30.3 Å². The minimum Gasteiger partial charge on any atom is -0.489 e. The van der Waals surface area contributed by atoms with Gasteiger partial charge in [-0.05, 0) is 31.2 Å². The maximum atomic E-state index is 11.2. The van der Waals surface area contributed by atoms with Crippen LogP contribution in [0.15, 0.2) is 42.5 Å². The number of likely N-dealkylation sites (N-methyl/N-ethyl adjacent to an activating group) is 1. The first-order chi connectivity index (χ1) is 9.65. The molecule has 1 unspecified atom stereocenters. The number of allylic oxidation sites excluding steroid dienone is 1. The summed E-state index contributed by atoms with van der Waals surface area (Å²) in [5.74, 6) is 0.989. The van der Waals surface area contributed by atoms with Crippen LogP contribution < -0.4 is 4.74 Å². The number of nitrogens with zero attached hydrogens (tertiary/aromatic N) is 1. The fourth-order valence-corrected chi connectivity index (χ4v) is 1.86. The molecule has 0 saturated carbocycles. The first-order valence-corrected chi connectivity index (χ1v) is 6.75. The largest absolute Gasteiger partial charge is 0.489 e. The highest BCUT2D eigenvalue weighted by Crippen LogP contribution is 2.16. The molecular weight excluding hydrogens is 257 g/mol. The zero-order valence-electron chi connectivity index (χ0n) is 11.9. The average molecular weight is 279 g/mol. The van der Waals surface area contributed by atoms with E-state index in [-0.39, 0.29) is 6.42 Å². The molecule has 1 heterocycles. The molecule has 1 fully saturated rings. The van der Waals surface area contributed by atoms with Crippen molar-refractivity contribution in [2.45, 2.75) is 18.9 Å². The van der Waals surface area contributed by atoms with Crippen molar-refractivity contribution in [2.24, 2.45) is 0 Å². The number of likely N-dealkylation sites (tertiary alicyclic amines) is 1. The summed E-state index contributed by atoms with van der Waals surface area (Å²) >= 11 is 0. The van der Waals surface area contributed by atoms with Crippen LogP contribution in [0.4, 0.5) is 4.39 Å². The van der Waals surface area contributed by atoms with Crippen molar-refractivity contribution >= 4 is 6.29 Å². The lowest BCUT2D eigenvalue weighted by molar-refractivity contribution is -0.105. The molecule has 1 aromatic carbocycles. The topological polar surface area (TPSA) is 29.5 Å². The number of alkyl halides is 1. The van der Waals surface area contributed by atoms with Crippen molar-refractivity contribution < 1.29 is 13.9 Å². The Kier molecular flexibility index (Phi) is 7.58. The number of para-hydroxylation sites is 1. The molecule has 1 aromatic rings. The zero-order valence-corrected chi connectivity index (χ0v) is 11.9. The predicted octanol–water partition coefficient (Wildman–Crippen LogP) is 2.87. The number of halogens is 1. The van der Waals surface area contributed by atoms with Gasteiger partial charge in [0, 0.05) is 19.5 Å². The second-order valence-corrected chi connectivity index (χ2v) is 4.82. The predicted molar refractivity (Wildman–Crippen MR) is 78.8 cm³/mol. The molecule has 0 spiro atoms. The van der Waals surface area contributed by atoms with Gasteiger partial charge in [0.25, 0.3) is 0 Å². The minimum atomic E-state index is -0.489. The summed E-state index contributed by atoms with van der Waals surface area (Å²) in [5, 5.41) is 0. The molecule has 0 N–H and O–H groups in total. The number of rotatable bonds is 5. The van der Waals surface area contributed by atoms with Gasteiger partial charge in [-0.1, -0.05) is 24.8 Å². The van der Waals surface area contributed by atoms with E-state index < -0.39 is 6.67 Å². The molecule has 0 aromatic heterocycles. The molecule has 3 nitrogen and oxygen atoms in total. The van der Waals surface area contributed by atoms with Crippen molar-refractivity contribution in [3.8, 4) is 5.75 Å². The number of aldehydes is 1. The lowest BCUT2D eigenvalue weighted by atomic mass is 10.3. The molecular formula is C16H22FNO2. The van der Waals surface area contributed by atoms with Gasteiger partial charge in [-0.25, -0.2) is 0 Å². The lowest BCUT2D eigenvalue weighted by Crippen LogP contribution is -2.21. The molecule has 0 radical (unpaired) electrons. The number of benzene rings is 1. The van der Waals surface area contributed by atoms with Crippen LogP contribution in [-0.2, 0) is 4.79 Å². The number of carbonyl (C=O) groups excluding carboxylic acids is 1. The second kappa shape index (κ2) is 9.26. The van der Waals surface area contributed by atoms with Gasteiger partial charge in [-0.3, -0.25) is 9.18 Å². The van der Waals surface area contributed by atoms with E-state index in [1.54, 1.807) is 0 Å². The third kappa shape index (κ3) is 6.48. The van der Waals surface area contributed by atoms with Gasteiger partial charge >= 0.3 is 0 Å². The molecule has 0 aliphatic carbocycles. The van der Waals surface area contributed by atoms with Crippen LogP contribution in [0.2, 0.25) is 0 Å². The normalized spacial score (nSPS) is 18.0. The second-order valence-electron chi connectivity index (χ2n) is 4.82. The van der Waals surface area contributed by atoms with Crippen molar-refractivity contribution in [3.63, 3.8) is 0 Å². The summed E-state index contributed by atoms with van der Waals surface area (Å²) in [6, 6.07) is 10.0. The van der Waals surface area contributed by atoms with Crippen LogP contribution in [0, 0.1) is 0 Å². The van der Waals surface area contributed by atoms with E-state index in [9.17, 15) is 9.18 Å². The summed E-state index contributed by atoms with van der Waals surface area (Å²) in [5.41, 5.74) is 0.322. The van der Waals surface area contributed by atoms with Gasteiger partial charge in [-0.2, -0.15) is 0 Å². The van der Waals surface area contributed by atoms with E-state index in [0.29, 0.717) is 18.0 Å².